The number of aromatic nitrogens is 3. The van der Waals surface area contributed by atoms with Gasteiger partial charge < -0.3 is 10.1 Å². The van der Waals surface area contributed by atoms with Crippen molar-refractivity contribution in [3.63, 3.8) is 0 Å². The fourth-order valence-electron chi connectivity index (χ4n) is 3.00. The van der Waals surface area contributed by atoms with Crippen LogP contribution in [0.3, 0.4) is 0 Å². The highest BCUT2D eigenvalue weighted by Crippen LogP contribution is 2.31. The van der Waals surface area contributed by atoms with Crippen LogP contribution in [0.2, 0.25) is 0 Å². The van der Waals surface area contributed by atoms with Crippen LogP contribution in [0.5, 0.6) is 5.75 Å². The number of imide groups is 1. The van der Waals surface area contributed by atoms with E-state index in [1.54, 1.807) is 14.0 Å². The van der Waals surface area contributed by atoms with Gasteiger partial charge in [-0.05, 0) is 71.0 Å². The molecule has 9 heteroatoms. The van der Waals surface area contributed by atoms with Crippen molar-refractivity contribution in [1.29, 1.82) is 0 Å². The van der Waals surface area contributed by atoms with E-state index in [1.807, 2.05) is 80.8 Å². The van der Waals surface area contributed by atoms with E-state index in [1.165, 1.54) is 11.8 Å². The number of nitrogens with one attached hydrogen (secondary N) is 2. The largest absolute Gasteiger partial charge is 0.497 e. The molecule has 0 saturated carbocycles. The first-order valence-electron chi connectivity index (χ1n) is 10.5. The van der Waals surface area contributed by atoms with Crippen LogP contribution in [0.15, 0.2) is 53.7 Å². The number of ether oxygens (including phenoxy) is 1. The fourth-order valence-corrected chi connectivity index (χ4v) is 3.86. The van der Waals surface area contributed by atoms with E-state index in [4.69, 9.17) is 4.74 Å². The van der Waals surface area contributed by atoms with Gasteiger partial charge in [0.1, 0.15) is 5.75 Å². The molecule has 1 unspecified atom stereocenters. The van der Waals surface area contributed by atoms with Gasteiger partial charge in [-0.15, -0.1) is 10.2 Å². The van der Waals surface area contributed by atoms with Gasteiger partial charge in [0.25, 0.3) is 0 Å². The van der Waals surface area contributed by atoms with Crippen LogP contribution in [0.25, 0.3) is 17.1 Å². The molecule has 1 heterocycles. The number of hydrogen-bond donors (Lipinski definition) is 2. The highest BCUT2D eigenvalue weighted by atomic mass is 32.2. The first-order chi connectivity index (χ1) is 15.6. The van der Waals surface area contributed by atoms with Crippen LogP contribution < -0.4 is 15.4 Å². The maximum atomic E-state index is 12.6. The van der Waals surface area contributed by atoms with Crippen molar-refractivity contribution < 1.29 is 14.3 Å². The molecule has 0 radical (unpaired) electrons. The Hall–Kier alpha value is -3.33. The first-order valence-corrected chi connectivity index (χ1v) is 11.4. The maximum Gasteiger partial charge on any atom is 0.321 e. The molecular weight excluding hydrogens is 438 g/mol. The van der Waals surface area contributed by atoms with E-state index in [2.05, 4.69) is 20.8 Å². The molecule has 2 N–H and O–H groups in total. The van der Waals surface area contributed by atoms with Crippen molar-refractivity contribution in [2.45, 2.75) is 50.6 Å². The monoisotopic (exact) mass is 467 g/mol. The molecule has 1 aromatic heterocycles. The molecule has 3 amide bonds. The molecule has 0 fully saturated rings. The zero-order chi connectivity index (χ0) is 24.2. The molecule has 0 aliphatic carbocycles. The van der Waals surface area contributed by atoms with Crippen LogP contribution in [0, 0.1) is 6.92 Å². The van der Waals surface area contributed by atoms with Crippen molar-refractivity contribution in [3.8, 4) is 22.8 Å². The molecule has 2 aromatic carbocycles. The topological polar surface area (TPSA) is 98.1 Å². The summed E-state index contributed by atoms with van der Waals surface area (Å²) in [4.78, 5) is 24.7. The van der Waals surface area contributed by atoms with E-state index < -0.39 is 22.7 Å². The Kier molecular flexibility index (Phi) is 7.43. The lowest BCUT2D eigenvalue weighted by atomic mass is 10.1. The van der Waals surface area contributed by atoms with Crippen LogP contribution >= 0.6 is 11.8 Å². The number of methoxy groups -OCH3 is 1. The van der Waals surface area contributed by atoms with Crippen molar-refractivity contribution in [1.82, 2.24) is 25.4 Å². The number of thioether (sulfide) groups is 1. The third-order valence-corrected chi connectivity index (χ3v) is 5.69. The highest BCUT2D eigenvalue weighted by molar-refractivity contribution is 8.00. The van der Waals surface area contributed by atoms with Gasteiger partial charge in [0, 0.05) is 16.8 Å². The van der Waals surface area contributed by atoms with Gasteiger partial charge in [-0.2, -0.15) is 0 Å². The van der Waals surface area contributed by atoms with E-state index >= 15 is 0 Å². The number of benzene rings is 2. The third-order valence-electron chi connectivity index (χ3n) is 4.65. The predicted molar refractivity (Wildman–Crippen MR) is 130 cm³/mol. The third kappa shape index (κ3) is 6.35. The van der Waals surface area contributed by atoms with Gasteiger partial charge >= 0.3 is 6.03 Å². The summed E-state index contributed by atoms with van der Waals surface area (Å²) in [6.07, 6.45) is 0. The van der Waals surface area contributed by atoms with Gasteiger partial charge in [-0.25, -0.2) is 4.79 Å². The summed E-state index contributed by atoms with van der Waals surface area (Å²) in [6.45, 7) is 9.29. The number of urea groups is 1. The Balaban J connectivity index is 1.89. The summed E-state index contributed by atoms with van der Waals surface area (Å²) < 4.78 is 7.16. The normalized spacial score (nSPS) is 12.2. The molecule has 33 heavy (non-hydrogen) atoms. The Bertz CT molecular complexity index is 1120. The smallest absolute Gasteiger partial charge is 0.321 e. The Labute approximate surface area is 198 Å². The molecular formula is C24H29N5O3S. The molecule has 1 atom stereocenters. The quantitative estimate of drug-likeness (QED) is 0.523. The summed E-state index contributed by atoms with van der Waals surface area (Å²) in [5, 5.41) is 13.8. The lowest BCUT2D eigenvalue weighted by molar-refractivity contribution is -0.119. The molecule has 0 aliphatic rings. The van der Waals surface area contributed by atoms with Crippen LogP contribution in [0.4, 0.5) is 4.79 Å². The highest BCUT2D eigenvalue weighted by Gasteiger charge is 2.24. The number of aryl methyl sites for hydroxylation is 1. The van der Waals surface area contributed by atoms with E-state index in [0.29, 0.717) is 11.0 Å². The minimum Gasteiger partial charge on any atom is -0.497 e. The zero-order valence-corrected chi connectivity index (χ0v) is 20.5. The van der Waals surface area contributed by atoms with Crippen molar-refractivity contribution >= 4 is 23.7 Å². The molecule has 0 bridgehead atoms. The van der Waals surface area contributed by atoms with Crippen molar-refractivity contribution in [2.75, 3.05) is 7.11 Å². The standard InChI is InChI=1S/C24H29N5O3S/c1-15-7-11-18(12-8-15)29-20(17-9-13-19(32-6)14-10-17)27-28-23(29)33-16(2)21(30)25-22(31)26-24(3,4)5/h7-14,16H,1-6H3,(H2,25,26,30,31). The van der Waals surface area contributed by atoms with Gasteiger partial charge in [-0.3, -0.25) is 14.7 Å². The van der Waals surface area contributed by atoms with Gasteiger partial charge in [0.05, 0.1) is 12.4 Å². The average Bonchev–Trinajstić information content (AvgIpc) is 3.16. The summed E-state index contributed by atoms with van der Waals surface area (Å²) >= 11 is 1.23. The molecule has 3 rings (SSSR count). The van der Waals surface area contributed by atoms with E-state index in [0.717, 1.165) is 22.6 Å². The lowest BCUT2D eigenvalue weighted by Crippen LogP contribution is -2.49. The molecule has 0 aliphatic heterocycles. The SMILES string of the molecule is COc1ccc(-c2nnc(SC(C)C(=O)NC(=O)NC(C)(C)C)n2-c2ccc(C)cc2)cc1. The summed E-state index contributed by atoms with van der Waals surface area (Å²) in [5.74, 6) is 0.974. The molecule has 8 nitrogen and oxygen atoms in total. The minimum atomic E-state index is -0.576. The number of rotatable bonds is 6. The Morgan fingerprint density at radius 2 is 1.67 bits per heavy atom. The first kappa shape index (κ1) is 24.3. The summed E-state index contributed by atoms with van der Waals surface area (Å²) in [5.41, 5.74) is 2.42. The second kappa shape index (κ2) is 10.1. The predicted octanol–water partition coefficient (Wildman–Crippen LogP) is 4.36. The maximum absolute atomic E-state index is 12.6. The number of nitrogens with zero attached hydrogens (tertiary/aromatic N) is 3. The van der Waals surface area contributed by atoms with Crippen LogP contribution in [-0.2, 0) is 4.79 Å². The average molecular weight is 468 g/mol. The number of carbonyl (C=O) groups is 2. The molecule has 174 valence electrons. The Morgan fingerprint density at radius 3 is 2.24 bits per heavy atom. The zero-order valence-electron chi connectivity index (χ0n) is 19.7. The lowest BCUT2D eigenvalue weighted by Gasteiger charge is -2.21. The van der Waals surface area contributed by atoms with Gasteiger partial charge in [-0.1, -0.05) is 29.5 Å². The number of hydrogen-bond acceptors (Lipinski definition) is 6. The van der Waals surface area contributed by atoms with E-state index in [-0.39, 0.29) is 0 Å². The minimum absolute atomic E-state index is 0.411. The molecule has 3 aromatic rings. The van der Waals surface area contributed by atoms with E-state index in [9.17, 15) is 9.59 Å². The number of amides is 3. The second-order valence-electron chi connectivity index (χ2n) is 8.66. The molecule has 0 spiro atoms. The fraction of sp³-hybridized carbons (Fsp3) is 0.333. The van der Waals surface area contributed by atoms with Crippen molar-refractivity contribution in [3.05, 3.63) is 54.1 Å². The second-order valence-corrected chi connectivity index (χ2v) is 9.97. The van der Waals surface area contributed by atoms with Gasteiger partial charge in [0.15, 0.2) is 11.0 Å². The molecule has 0 saturated heterocycles. The van der Waals surface area contributed by atoms with Crippen LogP contribution in [0.1, 0.15) is 33.3 Å². The summed E-state index contributed by atoms with van der Waals surface area (Å²) in [7, 11) is 1.62. The van der Waals surface area contributed by atoms with Gasteiger partial charge in [0.2, 0.25) is 5.91 Å². The Morgan fingerprint density at radius 1 is 1.03 bits per heavy atom. The van der Waals surface area contributed by atoms with Crippen LogP contribution in [-0.4, -0.2) is 44.6 Å². The summed E-state index contributed by atoms with van der Waals surface area (Å²) in [6, 6.07) is 15.0. The number of carbonyl (C=O) groups excluding carboxylic acids is 2. The van der Waals surface area contributed by atoms with Crippen molar-refractivity contribution in [2.24, 2.45) is 0 Å².